The topological polar surface area (TPSA) is 28.2 Å². The van der Waals surface area contributed by atoms with Crippen molar-refractivity contribution >= 4 is 17.4 Å². The van der Waals surface area contributed by atoms with Crippen LogP contribution in [0.4, 0.5) is 5.69 Å². The number of nitrogens with one attached hydrogen (secondary N) is 1. The number of pyridine rings is 1. The van der Waals surface area contributed by atoms with Gasteiger partial charge in [-0.25, -0.2) is 0 Å². The zero-order valence-corrected chi connectivity index (χ0v) is 11.2. The van der Waals surface area contributed by atoms with Crippen molar-refractivity contribution in [3.8, 4) is 0 Å². The summed E-state index contributed by atoms with van der Waals surface area (Å²) in [5.41, 5.74) is 1.31. The standard InChI is InChI=1S/C13H21N3S/c1-17-11-8-15-12-4-9-16(10-5-12)13-2-6-14-7-3-13/h2-3,6-7,12,15H,4-5,8-11H2,1H3. The van der Waals surface area contributed by atoms with Crippen LogP contribution in [0.3, 0.4) is 0 Å². The molecule has 1 aliphatic heterocycles. The van der Waals surface area contributed by atoms with Crippen LogP contribution in [0.2, 0.25) is 0 Å². The van der Waals surface area contributed by atoms with E-state index in [9.17, 15) is 0 Å². The molecule has 0 radical (unpaired) electrons. The average Bonchev–Trinajstić information content (AvgIpc) is 2.41. The highest BCUT2D eigenvalue weighted by Crippen LogP contribution is 2.18. The molecule has 1 aliphatic rings. The first-order chi connectivity index (χ1) is 8.40. The molecule has 0 bridgehead atoms. The molecule has 17 heavy (non-hydrogen) atoms. The molecule has 1 fully saturated rings. The summed E-state index contributed by atoms with van der Waals surface area (Å²) in [6, 6.07) is 4.91. The molecule has 4 heteroatoms. The van der Waals surface area contributed by atoms with E-state index in [4.69, 9.17) is 0 Å². The summed E-state index contributed by atoms with van der Waals surface area (Å²) in [5.74, 6) is 1.21. The highest BCUT2D eigenvalue weighted by Gasteiger charge is 2.18. The molecular formula is C13H21N3S. The third-order valence-electron chi connectivity index (χ3n) is 3.26. The molecule has 0 spiro atoms. The Kier molecular flexibility index (Phi) is 5.13. The van der Waals surface area contributed by atoms with Gasteiger partial charge in [-0.05, 0) is 31.2 Å². The summed E-state index contributed by atoms with van der Waals surface area (Å²) < 4.78 is 0. The summed E-state index contributed by atoms with van der Waals surface area (Å²) in [5, 5.41) is 3.63. The number of hydrogen-bond acceptors (Lipinski definition) is 4. The van der Waals surface area contributed by atoms with Gasteiger partial charge in [0.15, 0.2) is 0 Å². The second-order valence-corrected chi connectivity index (χ2v) is 5.40. The third-order valence-corrected chi connectivity index (χ3v) is 3.87. The second kappa shape index (κ2) is 6.87. The van der Waals surface area contributed by atoms with Gasteiger partial charge in [-0.15, -0.1) is 0 Å². The van der Waals surface area contributed by atoms with Crippen LogP contribution in [0.15, 0.2) is 24.5 Å². The van der Waals surface area contributed by atoms with E-state index in [1.165, 1.54) is 24.3 Å². The number of thioether (sulfide) groups is 1. The zero-order chi connectivity index (χ0) is 11.9. The largest absolute Gasteiger partial charge is 0.371 e. The van der Waals surface area contributed by atoms with Gasteiger partial charge in [0, 0.05) is 49.5 Å². The predicted octanol–water partition coefficient (Wildman–Crippen LogP) is 2.00. The third kappa shape index (κ3) is 3.89. The number of nitrogens with zero attached hydrogens (tertiary/aromatic N) is 2. The molecule has 2 heterocycles. The van der Waals surface area contributed by atoms with Crippen LogP contribution in [-0.4, -0.2) is 42.7 Å². The first kappa shape index (κ1) is 12.7. The fourth-order valence-corrected chi connectivity index (χ4v) is 2.58. The van der Waals surface area contributed by atoms with Crippen molar-refractivity contribution in [1.29, 1.82) is 0 Å². The fraction of sp³-hybridized carbons (Fsp3) is 0.615. The SMILES string of the molecule is CSCCNC1CCN(c2ccncc2)CC1. The molecule has 0 amide bonds. The van der Waals surface area contributed by atoms with Gasteiger partial charge in [0.2, 0.25) is 0 Å². The molecule has 0 atom stereocenters. The minimum atomic E-state index is 0.709. The van der Waals surface area contributed by atoms with Gasteiger partial charge in [-0.3, -0.25) is 4.98 Å². The maximum atomic E-state index is 4.06. The van der Waals surface area contributed by atoms with E-state index in [-0.39, 0.29) is 0 Å². The summed E-state index contributed by atoms with van der Waals surface area (Å²) in [4.78, 5) is 6.52. The number of aromatic nitrogens is 1. The average molecular weight is 251 g/mol. The molecule has 1 aromatic rings. The summed E-state index contributed by atoms with van der Waals surface area (Å²) in [6.45, 7) is 3.45. The monoisotopic (exact) mass is 251 g/mol. The van der Waals surface area contributed by atoms with Gasteiger partial charge in [-0.1, -0.05) is 0 Å². The Labute approximate surface area is 108 Å². The Bertz CT molecular complexity index is 310. The molecule has 1 saturated heterocycles. The van der Waals surface area contributed by atoms with Crippen molar-refractivity contribution in [3.63, 3.8) is 0 Å². The van der Waals surface area contributed by atoms with Gasteiger partial charge in [0.25, 0.3) is 0 Å². The van der Waals surface area contributed by atoms with E-state index < -0.39 is 0 Å². The van der Waals surface area contributed by atoms with Crippen LogP contribution >= 0.6 is 11.8 Å². The lowest BCUT2D eigenvalue weighted by molar-refractivity contribution is 0.425. The van der Waals surface area contributed by atoms with E-state index in [0.29, 0.717) is 6.04 Å². The van der Waals surface area contributed by atoms with E-state index in [0.717, 1.165) is 19.6 Å². The number of hydrogen-bond donors (Lipinski definition) is 1. The quantitative estimate of drug-likeness (QED) is 0.810. The minimum Gasteiger partial charge on any atom is -0.371 e. The molecule has 1 N–H and O–H groups in total. The van der Waals surface area contributed by atoms with Gasteiger partial charge in [-0.2, -0.15) is 11.8 Å². The normalized spacial score (nSPS) is 17.4. The number of anilines is 1. The van der Waals surface area contributed by atoms with Crippen LogP contribution in [0.25, 0.3) is 0 Å². The second-order valence-electron chi connectivity index (χ2n) is 4.41. The zero-order valence-electron chi connectivity index (χ0n) is 10.4. The van der Waals surface area contributed by atoms with Crippen molar-refractivity contribution in [3.05, 3.63) is 24.5 Å². The number of piperidine rings is 1. The van der Waals surface area contributed by atoms with Crippen LogP contribution in [0.1, 0.15) is 12.8 Å². The summed E-state index contributed by atoms with van der Waals surface area (Å²) >= 11 is 1.91. The first-order valence-corrected chi connectivity index (χ1v) is 7.67. The Morgan fingerprint density at radius 2 is 2.06 bits per heavy atom. The smallest absolute Gasteiger partial charge is 0.0397 e. The van der Waals surface area contributed by atoms with Crippen molar-refractivity contribution < 1.29 is 0 Å². The lowest BCUT2D eigenvalue weighted by Crippen LogP contribution is -2.43. The van der Waals surface area contributed by atoms with Crippen LogP contribution < -0.4 is 10.2 Å². The van der Waals surface area contributed by atoms with Crippen LogP contribution in [0, 0.1) is 0 Å². The Balaban J connectivity index is 1.74. The van der Waals surface area contributed by atoms with Gasteiger partial charge >= 0.3 is 0 Å². The Hall–Kier alpha value is -0.740. The summed E-state index contributed by atoms with van der Waals surface area (Å²) in [7, 11) is 0. The van der Waals surface area contributed by atoms with E-state index >= 15 is 0 Å². The highest BCUT2D eigenvalue weighted by atomic mass is 32.2. The number of rotatable bonds is 5. The minimum absolute atomic E-state index is 0.709. The molecule has 2 rings (SSSR count). The first-order valence-electron chi connectivity index (χ1n) is 6.27. The Morgan fingerprint density at radius 1 is 1.35 bits per heavy atom. The lowest BCUT2D eigenvalue weighted by Gasteiger charge is -2.34. The highest BCUT2D eigenvalue weighted by molar-refractivity contribution is 7.98. The van der Waals surface area contributed by atoms with Gasteiger partial charge in [0.1, 0.15) is 0 Å². The van der Waals surface area contributed by atoms with Crippen molar-refractivity contribution in [2.45, 2.75) is 18.9 Å². The van der Waals surface area contributed by atoms with Gasteiger partial charge < -0.3 is 10.2 Å². The van der Waals surface area contributed by atoms with E-state index in [1.54, 1.807) is 0 Å². The molecule has 0 saturated carbocycles. The van der Waals surface area contributed by atoms with Crippen molar-refractivity contribution in [2.24, 2.45) is 0 Å². The van der Waals surface area contributed by atoms with E-state index in [1.807, 2.05) is 24.2 Å². The fourth-order valence-electron chi connectivity index (χ4n) is 2.26. The van der Waals surface area contributed by atoms with Crippen LogP contribution in [0.5, 0.6) is 0 Å². The molecular weight excluding hydrogens is 230 g/mol. The van der Waals surface area contributed by atoms with Gasteiger partial charge in [0.05, 0.1) is 0 Å². The maximum Gasteiger partial charge on any atom is 0.0397 e. The lowest BCUT2D eigenvalue weighted by atomic mass is 10.0. The van der Waals surface area contributed by atoms with Crippen molar-refractivity contribution in [1.82, 2.24) is 10.3 Å². The van der Waals surface area contributed by atoms with E-state index in [2.05, 4.69) is 33.6 Å². The molecule has 94 valence electrons. The predicted molar refractivity (Wildman–Crippen MR) is 75.9 cm³/mol. The Morgan fingerprint density at radius 3 is 2.71 bits per heavy atom. The molecule has 0 aliphatic carbocycles. The summed E-state index contributed by atoms with van der Waals surface area (Å²) in [6.07, 6.45) is 8.40. The molecule has 1 aromatic heterocycles. The molecule has 0 aromatic carbocycles. The maximum absolute atomic E-state index is 4.06. The van der Waals surface area contributed by atoms with Crippen LogP contribution in [-0.2, 0) is 0 Å². The molecule has 0 unspecified atom stereocenters. The van der Waals surface area contributed by atoms with Crippen molar-refractivity contribution in [2.75, 3.05) is 36.5 Å². The molecule has 3 nitrogen and oxygen atoms in total.